The molecule has 0 amide bonds. The van der Waals surface area contributed by atoms with Crippen LogP contribution in [-0.2, 0) is 6.42 Å². The summed E-state index contributed by atoms with van der Waals surface area (Å²) in [5.41, 5.74) is 1.09. The van der Waals surface area contributed by atoms with Gasteiger partial charge in [-0.2, -0.15) is 0 Å². The van der Waals surface area contributed by atoms with Crippen LogP contribution in [0.3, 0.4) is 0 Å². The molecule has 1 heterocycles. The first-order chi connectivity index (χ1) is 9.17. The van der Waals surface area contributed by atoms with Crippen LogP contribution in [-0.4, -0.2) is 23.1 Å². The molecular weight excluding hydrogens is 284 g/mol. The van der Waals surface area contributed by atoms with Crippen molar-refractivity contribution in [1.82, 2.24) is 10.2 Å². The van der Waals surface area contributed by atoms with Gasteiger partial charge in [0.05, 0.1) is 13.5 Å². The zero-order valence-electron chi connectivity index (χ0n) is 10.4. The van der Waals surface area contributed by atoms with E-state index < -0.39 is 0 Å². The van der Waals surface area contributed by atoms with Crippen molar-refractivity contribution in [3.63, 3.8) is 0 Å². The van der Waals surface area contributed by atoms with Gasteiger partial charge in [-0.25, -0.2) is 0 Å². The van der Waals surface area contributed by atoms with Crippen LogP contribution in [0.15, 0.2) is 45.5 Å². The van der Waals surface area contributed by atoms with Crippen molar-refractivity contribution in [2.45, 2.75) is 11.6 Å². The maximum atomic E-state index is 5.68. The maximum absolute atomic E-state index is 5.68. The molecule has 0 aliphatic carbocycles. The Labute approximate surface area is 120 Å². The van der Waals surface area contributed by atoms with E-state index in [2.05, 4.69) is 16.8 Å². The largest absolute Gasteiger partial charge is 0.497 e. The molecule has 0 saturated heterocycles. The van der Waals surface area contributed by atoms with Crippen molar-refractivity contribution in [3.8, 4) is 5.75 Å². The van der Waals surface area contributed by atoms with Gasteiger partial charge >= 0.3 is 0 Å². The second kappa shape index (κ2) is 6.63. The monoisotopic (exact) mass is 296 g/mol. The zero-order valence-corrected chi connectivity index (χ0v) is 12.0. The van der Waals surface area contributed by atoms with Crippen LogP contribution < -0.4 is 4.74 Å². The normalized spacial score (nSPS) is 10.4. The molecule has 0 radical (unpaired) electrons. The topological polar surface area (TPSA) is 48.2 Å². The fourth-order valence-corrected chi connectivity index (χ4v) is 2.12. The molecule has 0 spiro atoms. The average Bonchev–Trinajstić information content (AvgIpc) is 2.85. The summed E-state index contributed by atoms with van der Waals surface area (Å²) in [5, 5.41) is 8.99. The minimum absolute atomic E-state index is 0.505. The summed E-state index contributed by atoms with van der Waals surface area (Å²) in [6.45, 7) is 3.60. The quantitative estimate of drug-likeness (QED) is 0.763. The highest BCUT2D eigenvalue weighted by Gasteiger charge is 2.08. The van der Waals surface area contributed by atoms with Gasteiger partial charge in [0.15, 0.2) is 0 Å². The molecule has 2 rings (SSSR count). The molecule has 0 N–H and O–H groups in total. The van der Waals surface area contributed by atoms with Gasteiger partial charge in [0.2, 0.25) is 5.89 Å². The van der Waals surface area contributed by atoms with Crippen LogP contribution in [0.4, 0.5) is 0 Å². The summed E-state index contributed by atoms with van der Waals surface area (Å²) in [6.07, 6.45) is 0.597. The van der Waals surface area contributed by atoms with Gasteiger partial charge in [-0.3, -0.25) is 0 Å². The summed E-state index contributed by atoms with van der Waals surface area (Å²) in [4.78, 5) is 0. The molecule has 4 nitrogen and oxygen atoms in total. The Morgan fingerprint density at radius 1 is 1.37 bits per heavy atom. The summed E-state index contributed by atoms with van der Waals surface area (Å²) < 4.78 is 10.6. The molecule has 2 aromatic rings. The Morgan fingerprint density at radius 2 is 2.11 bits per heavy atom. The van der Waals surface area contributed by atoms with Crippen LogP contribution in [0.25, 0.3) is 0 Å². The van der Waals surface area contributed by atoms with Gasteiger partial charge in [-0.05, 0) is 17.7 Å². The van der Waals surface area contributed by atoms with E-state index in [9.17, 15) is 0 Å². The van der Waals surface area contributed by atoms with Crippen molar-refractivity contribution in [2.24, 2.45) is 0 Å². The third kappa shape index (κ3) is 4.29. The smallest absolute Gasteiger partial charge is 0.276 e. The average molecular weight is 297 g/mol. The summed E-state index contributed by atoms with van der Waals surface area (Å²) in [6, 6.07) is 7.74. The van der Waals surface area contributed by atoms with Gasteiger partial charge in [0.25, 0.3) is 5.22 Å². The van der Waals surface area contributed by atoms with Gasteiger partial charge in [-0.15, -0.1) is 10.2 Å². The van der Waals surface area contributed by atoms with Crippen molar-refractivity contribution in [1.29, 1.82) is 0 Å². The number of hydrogen-bond acceptors (Lipinski definition) is 5. The lowest BCUT2D eigenvalue weighted by molar-refractivity contribution is 0.413. The number of thioether (sulfide) groups is 1. The molecule has 0 aliphatic rings. The minimum Gasteiger partial charge on any atom is -0.497 e. The molecule has 0 bridgehead atoms. The molecule has 0 aliphatic heterocycles. The van der Waals surface area contributed by atoms with Crippen molar-refractivity contribution in [3.05, 3.63) is 47.3 Å². The number of nitrogens with zero attached hydrogens (tertiary/aromatic N) is 2. The van der Waals surface area contributed by atoms with Crippen LogP contribution in [0, 0.1) is 0 Å². The molecule has 1 aromatic carbocycles. The predicted molar refractivity (Wildman–Crippen MR) is 75.8 cm³/mol. The SMILES string of the molecule is C=C(Cl)CSc1nnc(Cc2ccc(OC)cc2)o1. The molecule has 6 heteroatoms. The Hall–Kier alpha value is -1.46. The van der Waals surface area contributed by atoms with Crippen LogP contribution in [0.1, 0.15) is 11.5 Å². The van der Waals surface area contributed by atoms with E-state index in [1.165, 1.54) is 11.8 Å². The first kappa shape index (κ1) is 14.0. The van der Waals surface area contributed by atoms with E-state index in [0.29, 0.717) is 28.3 Å². The molecular formula is C13H13ClN2O2S. The number of benzene rings is 1. The van der Waals surface area contributed by atoms with E-state index in [0.717, 1.165) is 11.3 Å². The highest BCUT2D eigenvalue weighted by Crippen LogP contribution is 2.21. The Bertz CT molecular complexity index is 554. The van der Waals surface area contributed by atoms with Crippen LogP contribution in [0.2, 0.25) is 0 Å². The molecule has 100 valence electrons. The number of halogens is 1. The third-order valence-electron chi connectivity index (χ3n) is 2.31. The van der Waals surface area contributed by atoms with E-state index in [1.807, 2.05) is 24.3 Å². The standard InChI is InChI=1S/C13H13ClN2O2S/c1-9(14)8-19-13-16-15-12(18-13)7-10-3-5-11(17-2)6-4-10/h3-6H,1,7-8H2,2H3. The summed E-state index contributed by atoms with van der Waals surface area (Å²) >= 11 is 7.05. The highest BCUT2D eigenvalue weighted by molar-refractivity contribution is 7.99. The second-order valence-corrected chi connectivity index (χ2v) is 5.25. The van der Waals surface area contributed by atoms with E-state index in [-0.39, 0.29) is 0 Å². The second-order valence-electron chi connectivity index (χ2n) is 3.79. The van der Waals surface area contributed by atoms with Crippen molar-refractivity contribution in [2.75, 3.05) is 12.9 Å². The highest BCUT2D eigenvalue weighted by atomic mass is 35.5. The lowest BCUT2D eigenvalue weighted by atomic mass is 10.1. The van der Waals surface area contributed by atoms with Gasteiger partial charge < -0.3 is 9.15 Å². The molecule has 0 fully saturated rings. The minimum atomic E-state index is 0.505. The van der Waals surface area contributed by atoms with E-state index in [4.69, 9.17) is 20.8 Å². The van der Waals surface area contributed by atoms with Crippen molar-refractivity contribution < 1.29 is 9.15 Å². The predicted octanol–water partition coefficient (Wildman–Crippen LogP) is 3.51. The molecule has 0 unspecified atom stereocenters. The number of methoxy groups -OCH3 is 1. The van der Waals surface area contributed by atoms with Crippen molar-refractivity contribution >= 4 is 23.4 Å². The molecule has 1 aromatic heterocycles. The van der Waals surface area contributed by atoms with Gasteiger partial charge in [-0.1, -0.05) is 42.1 Å². The van der Waals surface area contributed by atoms with Gasteiger partial charge in [0.1, 0.15) is 5.75 Å². The molecule has 19 heavy (non-hydrogen) atoms. The lowest BCUT2D eigenvalue weighted by Gasteiger charge is -2.00. The first-order valence-electron chi connectivity index (χ1n) is 5.59. The number of aromatic nitrogens is 2. The van der Waals surface area contributed by atoms with Gasteiger partial charge in [0, 0.05) is 10.8 Å². The Morgan fingerprint density at radius 3 is 2.74 bits per heavy atom. The maximum Gasteiger partial charge on any atom is 0.276 e. The van der Waals surface area contributed by atoms with E-state index >= 15 is 0 Å². The first-order valence-corrected chi connectivity index (χ1v) is 6.95. The van der Waals surface area contributed by atoms with E-state index in [1.54, 1.807) is 7.11 Å². The Kier molecular flexibility index (Phi) is 4.87. The fourth-order valence-electron chi connectivity index (χ4n) is 1.43. The lowest BCUT2D eigenvalue weighted by Crippen LogP contribution is -1.89. The zero-order chi connectivity index (χ0) is 13.7. The summed E-state index contributed by atoms with van der Waals surface area (Å²) in [7, 11) is 1.64. The molecule has 0 atom stereocenters. The van der Waals surface area contributed by atoms with Crippen LogP contribution in [0.5, 0.6) is 5.75 Å². The number of hydrogen-bond donors (Lipinski definition) is 0. The Balaban J connectivity index is 1.96. The number of rotatable bonds is 6. The summed E-state index contributed by atoms with van der Waals surface area (Å²) in [5.74, 6) is 1.96. The van der Waals surface area contributed by atoms with Crippen LogP contribution >= 0.6 is 23.4 Å². The molecule has 0 saturated carbocycles. The third-order valence-corrected chi connectivity index (χ3v) is 3.51. The number of ether oxygens (including phenoxy) is 1. The fraction of sp³-hybridized carbons (Fsp3) is 0.231.